The first kappa shape index (κ1) is 17.5. The Morgan fingerprint density at radius 1 is 1.38 bits per heavy atom. The third-order valence-corrected chi connectivity index (χ3v) is 4.28. The van der Waals surface area contributed by atoms with Gasteiger partial charge in [0.05, 0.1) is 24.1 Å². The summed E-state index contributed by atoms with van der Waals surface area (Å²) in [5.74, 6) is 6.48. The van der Waals surface area contributed by atoms with Gasteiger partial charge in [0.15, 0.2) is 0 Å². The summed E-state index contributed by atoms with van der Waals surface area (Å²) >= 11 is 0. The molecule has 0 bridgehead atoms. The van der Waals surface area contributed by atoms with Crippen LogP contribution in [0, 0.1) is 17.8 Å². The highest BCUT2D eigenvalue weighted by Crippen LogP contribution is 2.21. The summed E-state index contributed by atoms with van der Waals surface area (Å²) < 4.78 is 32.2. The second-order valence-corrected chi connectivity index (χ2v) is 6.72. The Kier molecular flexibility index (Phi) is 6.69. The molecule has 1 rings (SSSR count). The highest BCUT2D eigenvalue weighted by Gasteiger charge is 2.15. The lowest BCUT2D eigenvalue weighted by molar-refractivity contribution is 0.413. The van der Waals surface area contributed by atoms with Crippen molar-refractivity contribution in [1.82, 2.24) is 4.72 Å². The molecule has 0 amide bonds. The molecule has 0 fully saturated rings. The lowest BCUT2D eigenvalue weighted by Gasteiger charge is -2.10. The van der Waals surface area contributed by atoms with Crippen molar-refractivity contribution in [2.75, 3.05) is 20.2 Å². The second-order valence-electron chi connectivity index (χ2n) is 4.95. The van der Waals surface area contributed by atoms with Crippen LogP contribution in [0.4, 0.5) is 0 Å². The molecule has 0 aromatic heterocycles. The van der Waals surface area contributed by atoms with Crippen molar-refractivity contribution >= 4 is 10.0 Å². The summed E-state index contributed by atoms with van der Waals surface area (Å²) in [6.45, 7) is 4.70. The summed E-state index contributed by atoms with van der Waals surface area (Å²) in [7, 11) is -2.02. The Balaban J connectivity index is 3.02. The number of sulfonamides is 1. The monoisotopic (exact) mass is 310 g/mol. The van der Waals surface area contributed by atoms with Gasteiger partial charge < -0.3 is 10.5 Å². The summed E-state index contributed by atoms with van der Waals surface area (Å²) in [4.78, 5) is 0.174. The summed E-state index contributed by atoms with van der Waals surface area (Å²) in [5.41, 5.74) is 5.85. The number of rotatable bonds is 6. The fraction of sp³-hybridized carbons (Fsp3) is 0.467. The molecule has 1 aromatic carbocycles. The van der Waals surface area contributed by atoms with Gasteiger partial charge >= 0.3 is 0 Å². The topological polar surface area (TPSA) is 81.4 Å². The molecular formula is C15H22N2O3S. The number of benzene rings is 1. The van der Waals surface area contributed by atoms with E-state index in [1.165, 1.54) is 19.2 Å². The van der Waals surface area contributed by atoms with E-state index in [9.17, 15) is 8.42 Å². The van der Waals surface area contributed by atoms with Crippen LogP contribution in [0.1, 0.15) is 25.8 Å². The minimum Gasteiger partial charge on any atom is -0.495 e. The average Bonchev–Trinajstić information content (AvgIpc) is 2.44. The summed E-state index contributed by atoms with van der Waals surface area (Å²) in [5, 5.41) is 0. The maximum atomic E-state index is 12.2. The van der Waals surface area contributed by atoms with E-state index in [0.717, 1.165) is 6.42 Å². The number of methoxy groups -OCH3 is 1. The zero-order valence-electron chi connectivity index (χ0n) is 12.6. The first-order chi connectivity index (χ1) is 9.90. The minimum absolute atomic E-state index is 0.174. The molecule has 0 aliphatic rings. The lowest BCUT2D eigenvalue weighted by Crippen LogP contribution is -2.25. The van der Waals surface area contributed by atoms with Crippen molar-refractivity contribution < 1.29 is 13.2 Å². The molecule has 0 heterocycles. The fourth-order valence-electron chi connectivity index (χ4n) is 1.66. The van der Waals surface area contributed by atoms with Crippen LogP contribution in [-0.4, -0.2) is 28.6 Å². The highest BCUT2D eigenvalue weighted by atomic mass is 32.2. The zero-order chi connectivity index (χ0) is 15.9. The Hall–Kier alpha value is -1.55. The van der Waals surface area contributed by atoms with Crippen LogP contribution < -0.4 is 15.2 Å². The SMILES string of the molecule is COc1ccc(S(=O)(=O)NCCC(C)C)cc1C#CCN. The van der Waals surface area contributed by atoms with Crippen LogP contribution >= 0.6 is 0 Å². The molecule has 116 valence electrons. The third kappa shape index (κ3) is 5.38. The van der Waals surface area contributed by atoms with Gasteiger partial charge in [-0.05, 0) is 30.5 Å². The number of hydrogen-bond acceptors (Lipinski definition) is 4. The smallest absolute Gasteiger partial charge is 0.240 e. The molecular weight excluding hydrogens is 288 g/mol. The molecule has 0 radical (unpaired) electrons. The summed E-state index contributed by atoms with van der Waals surface area (Å²) in [6.07, 6.45) is 0.787. The van der Waals surface area contributed by atoms with E-state index in [-0.39, 0.29) is 11.4 Å². The molecule has 0 saturated heterocycles. The molecule has 3 N–H and O–H groups in total. The molecule has 5 nitrogen and oxygen atoms in total. The van der Waals surface area contributed by atoms with Crippen molar-refractivity contribution in [2.45, 2.75) is 25.2 Å². The predicted octanol–water partition coefficient (Wildman–Crippen LogP) is 1.33. The molecule has 0 aliphatic carbocycles. The Bertz CT molecular complexity index is 628. The zero-order valence-corrected chi connectivity index (χ0v) is 13.5. The van der Waals surface area contributed by atoms with Gasteiger partial charge in [-0.1, -0.05) is 25.7 Å². The number of ether oxygens (including phenoxy) is 1. The van der Waals surface area contributed by atoms with Crippen molar-refractivity contribution in [3.05, 3.63) is 23.8 Å². The van der Waals surface area contributed by atoms with Crippen LogP contribution in [0.3, 0.4) is 0 Å². The van der Waals surface area contributed by atoms with Gasteiger partial charge in [0.25, 0.3) is 0 Å². The molecule has 0 spiro atoms. The van der Waals surface area contributed by atoms with Crippen LogP contribution in [0.15, 0.2) is 23.1 Å². The van der Waals surface area contributed by atoms with Gasteiger partial charge in [-0.2, -0.15) is 0 Å². The number of nitrogens with two attached hydrogens (primary N) is 1. The molecule has 0 unspecified atom stereocenters. The average molecular weight is 310 g/mol. The van der Waals surface area contributed by atoms with Gasteiger partial charge in [-0.3, -0.25) is 0 Å². The fourth-order valence-corrected chi connectivity index (χ4v) is 2.74. The molecule has 0 saturated carbocycles. The van der Waals surface area contributed by atoms with Crippen LogP contribution in [-0.2, 0) is 10.0 Å². The van der Waals surface area contributed by atoms with Crippen LogP contribution in [0.2, 0.25) is 0 Å². The van der Waals surface area contributed by atoms with Gasteiger partial charge in [0, 0.05) is 6.54 Å². The Labute approximate surface area is 126 Å². The maximum absolute atomic E-state index is 12.2. The normalized spacial score (nSPS) is 11.1. The molecule has 1 aromatic rings. The Morgan fingerprint density at radius 2 is 2.10 bits per heavy atom. The Morgan fingerprint density at radius 3 is 2.67 bits per heavy atom. The van der Waals surface area contributed by atoms with Crippen molar-refractivity contribution in [2.24, 2.45) is 11.7 Å². The van der Waals surface area contributed by atoms with Gasteiger partial charge in [-0.15, -0.1) is 0 Å². The van der Waals surface area contributed by atoms with Crippen molar-refractivity contribution in [3.63, 3.8) is 0 Å². The van der Waals surface area contributed by atoms with Gasteiger partial charge in [0.1, 0.15) is 5.75 Å². The molecule has 0 atom stereocenters. The standard InChI is InChI=1S/C15H22N2O3S/c1-12(2)8-10-17-21(18,19)14-6-7-15(20-3)13(11-14)5-4-9-16/h6-7,11-12,17H,8-10,16H2,1-3H3. The third-order valence-electron chi connectivity index (χ3n) is 2.82. The predicted molar refractivity (Wildman–Crippen MR) is 83.6 cm³/mol. The maximum Gasteiger partial charge on any atom is 0.240 e. The highest BCUT2D eigenvalue weighted by molar-refractivity contribution is 7.89. The summed E-state index contributed by atoms with van der Waals surface area (Å²) in [6, 6.07) is 4.60. The quantitative estimate of drug-likeness (QED) is 0.777. The van der Waals surface area contributed by atoms with E-state index in [1.807, 2.05) is 13.8 Å². The minimum atomic E-state index is -3.53. The van der Waals surface area contributed by atoms with Crippen LogP contribution in [0.5, 0.6) is 5.75 Å². The van der Waals surface area contributed by atoms with E-state index in [2.05, 4.69) is 16.6 Å². The molecule has 21 heavy (non-hydrogen) atoms. The number of hydrogen-bond donors (Lipinski definition) is 2. The van der Waals surface area contributed by atoms with Crippen LogP contribution in [0.25, 0.3) is 0 Å². The van der Waals surface area contributed by atoms with E-state index in [1.54, 1.807) is 6.07 Å². The van der Waals surface area contributed by atoms with E-state index < -0.39 is 10.0 Å². The van der Waals surface area contributed by atoms with Crippen molar-refractivity contribution in [3.8, 4) is 17.6 Å². The van der Waals surface area contributed by atoms with E-state index >= 15 is 0 Å². The first-order valence-corrected chi connectivity index (χ1v) is 8.25. The van der Waals surface area contributed by atoms with Gasteiger partial charge in [0.2, 0.25) is 10.0 Å². The largest absolute Gasteiger partial charge is 0.495 e. The van der Waals surface area contributed by atoms with E-state index in [0.29, 0.717) is 23.8 Å². The number of nitrogens with one attached hydrogen (secondary N) is 1. The van der Waals surface area contributed by atoms with Gasteiger partial charge in [-0.25, -0.2) is 13.1 Å². The van der Waals surface area contributed by atoms with Crippen molar-refractivity contribution in [1.29, 1.82) is 0 Å². The molecule has 6 heteroatoms. The first-order valence-electron chi connectivity index (χ1n) is 6.77. The second kappa shape index (κ2) is 8.03. The molecule has 0 aliphatic heterocycles. The lowest BCUT2D eigenvalue weighted by atomic mass is 10.1. The van der Waals surface area contributed by atoms with E-state index in [4.69, 9.17) is 10.5 Å².